The predicted octanol–water partition coefficient (Wildman–Crippen LogP) is 3.82. The Hall–Kier alpha value is -3.70. The van der Waals surface area contributed by atoms with Crippen molar-refractivity contribution in [2.45, 2.75) is 17.6 Å². The molecule has 33 heavy (non-hydrogen) atoms. The van der Waals surface area contributed by atoms with Crippen LogP contribution in [0.5, 0.6) is 0 Å². The summed E-state index contributed by atoms with van der Waals surface area (Å²) in [6, 6.07) is 12.5. The summed E-state index contributed by atoms with van der Waals surface area (Å²) in [6.45, 7) is 0. The van der Waals surface area contributed by atoms with Gasteiger partial charge in [0.25, 0.3) is 11.2 Å². The zero-order chi connectivity index (χ0) is 23.1. The number of carbonyl (C=O) groups is 1. The predicted molar refractivity (Wildman–Crippen MR) is 124 cm³/mol. The maximum Gasteiger partial charge on any atom is 0.292 e. The molecule has 0 aliphatic carbocycles. The molecule has 0 radical (unpaired) electrons. The maximum absolute atomic E-state index is 13.2. The van der Waals surface area contributed by atoms with Crippen LogP contribution in [0.25, 0.3) is 16.7 Å². The van der Waals surface area contributed by atoms with Gasteiger partial charge in [-0.1, -0.05) is 35.5 Å². The average molecular weight is 483 g/mol. The Morgan fingerprint density at radius 2 is 2.00 bits per heavy atom. The Balaban J connectivity index is 1.44. The van der Waals surface area contributed by atoms with Gasteiger partial charge in [-0.15, -0.1) is 0 Å². The number of nitrogens with one attached hydrogen (secondary N) is 1. The number of rotatable bonds is 5. The van der Waals surface area contributed by atoms with Gasteiger partial charge in [0.2, 0.25) is 5.91 Å². The summed E-state index contributed by atoms with van der Waals surface area (Å²) < 4.78 is 3.07. The fraction of sp³-hybridized carbons (Fsp3) is 0.143. The highest BCUT2D eigenvalue weighted by Crippen LogP contribution is 2.34. The summed E-state index contributed by atoms with van der Waals surface area (Å²) in [6.07, 6.45) is 1.43. The molecule has 1 aliphatic heterocycles. The largest absolute Gasteiger partial charge is 0.320 e. The van der Waals surface area contributed by atoms with Gasteiger partial charge in [-0.2, -0.15) is 5.10 Å². The molecular formula is C21H15ClN6O4S. The number of nitro groups is 1. The fourth-order valence-corrected chi connectivity index (χ4v) is 4.96. The lowest BCUT2D eigenvalue weighted by Crippen LogP contribution is -2.27. The van der Waals surface area contributed by atoms with Crippen LogP contribution in [-0.4, -0.2) is 35.9 Å². The van der Waals surface area contributed by atoms with E-state index in [1.54, 1.807) is 35.0 Å². The number of carbonyl (C=O) groups excluding carboxylic acids is 1. The molecule has 12 heteroatoms. The van der Waals surface area contributed by atoms with E-state index < -0.39 is 16.9 Å². The Morgan fingerprint density at radius 3 is 2.76 bits per heavy atom. The lowest BCUT2D eigenvalue weighted by atomic mass is 10.2. The first kappa shape index (κ1) is 21.2. The van der Waals surface area contributed by atoms with Gasteiger partial charge in [0.1, 0.15) is 11.1 Å². The van der Waals surface area contributed by atoms with Crippen molar-refractivity contribution in [3.05, 3.63) is 80.2 Å². The number of nitro benzene ring substituents is 1. The van der Waals surface area contributed by atoms with E-state index in [1.165, 1.54) is 40.7 Å². The van der Waals surface area contributed by atoms with Crippen molar-refractivity contribution in [2.75, 3.05) is 11.1 Å². The SMILES string of the molecule is O=C(CC1CSc2nc3c(cnn3-c3ccc(Cl)cc3)c(=O)n21)Nc1ccccc1[N+](=O)[O-]. The van der Waals surface area contributed by atoms with Crippen LogP contribution < -0.4 is 10.9 Å². The number of hydrogen-bond donors (Lipinski definition) is 1. The second-order valence-corrected chi connectivity index (χ2v) is 8.75. The van der Waals surface area contributed by atoms with Gasteiger partial charge in [-0.25, -0.2) is 9.67 Å². The highest BCUT2D eigenvalue weighted by molar-refractivity contribution is 7.99. The Kier molecular flexibility index (Phi) is 5.35. The maximum atomic E-state index is 13.2. The minimum atomic E-state index is -0.556. The first-order valence-electron chi connectivity index (χ1n) is 9.84. The second kappa shape index (κ2) is 8.34. The number of thioether (sulfide) groups is 1. The van der Waals surface area contributed by atoms with Crippen LogP contribution in [0.3, 0.4) is 0 Å². The van der Waals surface area contributed by atoms with Crippen LogP contribution in [0.1, 0.15) is 12.5 Å². The standard InChI is InChI=1S/C21H15ClN6O4S/c22-12-5-7-13(8-6-12)27-19-15(10-23-27)20(30)26-14(11-33-21(26)25-19)9-18(29)24-16-3-1-2-4-17(16)28(31)32/h1-8,10,14H,9,11H2,(H,24,29). The third-order valence-corrected chi connectivity index (χ3v) is 6.59. The van der Waals surface area contributed by atoms with E-state index >= 15 is 0 Å². The number of halogens is 1. The van der Waals surface area contributed by atoms with Crippen molar-refractivity contribution in [3.63, 3.8) is 0 Å². The molecule has 0 saturated heterocycles. The molecule has 1 amide bonds. The molecule has 1 unspecified atom stereocenters. The average Bonchev–Trinajstić information content (AvgIpc) is 3.39. The third-order valence-electron chi connectivity index (χ3n) is 5.24. The molecule has 166 valence electrons. The summed E-state index contributed by atoms with van der Waals surface area (Å²) in [5.74, 6) is 0.0552. The van der Waals surface area contributed by atoms with E-state index in [0.717, 1.165) is 5.69 Å². The van der Waals surface area contributed by atoms with E-state index in [2.05, 4.69) is 15.4 Å². The minimum absolute atomic E-state index is 0.0233. The third kappa shape index (κ3) is 3.85. The van der Waals surface area contributed by atoms with E-state index in [-0.39, 0.29) is 23.4 Å². The summed E-state index contributed by atoms with van der Waals surface area (Å²) in [5.41, 5.74) is 0.773. The number of nitrogens with zero attached hydrogens (tertiary/aromatic N) is 5. The quantitative estimate of drug-likeness (QED) is 0.260. The normalized spacial score (nSPS) is 14.9. The highest BCUT2D eigenvalue weighted by Gasteiger charge is 2.30. The van der Waals surface area contributed by atoms with Crippen molar-refractivity contribution in [1.29, 1.82) is 0 Å². The lowest BCUT2D eigenvalue weighted by molar-refractivity contribution is -0.383. The number of anilines is 1. The summed E-state index contributed by atoms with van der Waals surface area (Å²) >= 11 is 7.33. The van der Waals surface area contributed by atoms with E-state index in [4.69, 9.17) is 11.6 Å². The molecule has 1 atom stereocenters. The van der Waals surface area contributed by atoms with Crippen LogP contribution in [0.15, 0.2) is 64.7 Å². The Bertz CT molecular complexity index is 1470. The minimum Gasteiger partial charge on any atom is -0.320 e. The first-order valence-corrected chi connectivity index (χ1v) is 11.2. The van der Waals surface area contributed by atoms with Gasteiger partial charge in [0, 0.05) is 23.3 Å². The summed E-state index contributed by atoms with van der Waals surface area (Å²) in [4.78, 5) is 41.1. The molecule has 2 aromatic carbocycles. The van der Waals surface area contributed by atoms with Crippen LogP contribution in [0.4, 0.5) is 11.4 Å². The lowest BCUT2D eigenvalue weighted by Gasteiger charge is -2.13. The second-order valence-electron chi connectivity index (χ2n) is 7.33. The molecule has 0 bridgehead atoms. The van der Waals surface area contributed by atoms with Crippen molar-refractivity contribution in [1.82, 2.24) is 19.3 Å². The smallest absolute Gasteiger partial charge is 0.292 e. The number of fused-ring (bicyclic) bond motifs is 2. The molecular weight excluding hydrogens is 468 g/mol. The molecule has 10 nitrogen and oxygen atoms in total. The van der Waals surface area contributed by atoms with Gasteiger partial charge >= 0.3 is 0 Å². The van der Waals surface area contributed by atoms with Crippen molar-refractivity contribution < 1.29 is 9.72 Å². The molecule has 0 spiro atoms. The fourth-order valence-electron chi connectivity index (χ4n) is 3.71. The highest BCUT2D eigenvalue weighted by atomic mass is 35.5. The number of hydrogen-bond acceptors (Lipinski definition) is 7. The zero-order valence-corrected chi connectivity index (χ0v) is 18.4. The van der Waals surface area contributed by atoms with Gasteiger partial charge in [0.15, 0.2) is 10.8 Å². The topological polar surface area (TPSA) is 125 Å². The first-order chi connectivity index (χ1) is 15.9. The van der Waals surface area contributed by atoms with Crippen molar-refractivity contribution >= 4 is 51.7 Å². The van der Waals surface area contributed by atoms with Gasteiger partial charge in [-0.3, -0.25) is 24.3 Å². The van der Waals surface area contributed by atoms with Crippen LogP contribution in [-0.2, 0) is 4.79 Å². The van der Waals surface area contributed by atoms with E-state index in [1.807, 2.05) is 0 Å². The van der Waals surface area contributed by atoms with Crippen molar-refractivity contribution in [3.8, 4) is 5.69 Å². The molecule has 2 aromatic heterocycles. The van der Waals surface area contributed by atoms with Gasteiger partial charge < -0.3 is 5.32 Å². The Labute approximate surface area is 195 Å². The van der Waals surface area contributed by atoms with E-state index in [0.29, 0.717) is 27.0 Å². The number of amides is 1. The number of benzene rings is 2. The van der Waals surface area contributed by atoms with Crippen molar-refractivity contribution in [2.24, 2.45) is 0 Å². The molecule has 4 aromatic rings. The monoisotopic (exact) mass is 482 g/mol. The molecule has 0 fully saturated rings. The molecule has 1 aliphatic rings. The zero-order valence-electron chi connectivity index (χ0n) is 16.8. The van der Waals surface area contributed by atoms with E-state index in [9.17, 15) is 19.7 Å². The van der Waals surface area contributed by atoms with Crippen LogP contribution in [0.2, 0.25) is 5.02 Å². The van der Waals surface area contributed by atoms with Gasteiger partial charge in [-0.05, 0) is 30.3 Å². The van der Waals surface area contributed by atoms with Gasteiger partial charge in [0.05, 0.1) is 22.8 Å². The van der Waals surface area contributed by atoms with Crippen LogP contribution in [0, 0.1) is 10.1 Å². The molecule has 0 saturated carbocycles. The molecule has 5 rings (SSSR count). The summed E-state index contributed by atoms with van der Waals surface area (Å²) in [5, 5.41) is 19.5. The Morgan fingerprint density at radius 1 is 1.24 bits per heavy atom. The number of aromatic nitrogens is 4. The summed E-state index contributed by atoms with van der Waals surface area (Å²) in [7, 11) is 0. The molecule has 3 heterocycles. The number of para-hydroxylation sites is 2. The molecule has 1 N–H and O–H groups in total. The van der Waals surface area contributed by atoms with Crippen LogP contribution >= 0.6 is 23.4 Å².